The van der Waals surface area contributed by atoms with Crippen LogP contribution in [0, 0.1) is 0 Å². The molecule has 0 aromatic heterocycles. The van der Waals surface area contributed by atoms with Crippen molar-refractivity contribution < 1.29 is 19.4 Å². The van der Waals surface area contributed by atoms with Crippen LogP contribution in [0.4, 0.5) is 0 Å². The van der Waals surface area contributed by atoms with E-state index in [1.807, 2.05) is 0 Å². The molecule has 0 amide bonds. The van der Waals surface area contributed by atoms with Gasteiger partial charge in [-0.1, -0.05) is 0 Å². The van der Waals surface area contributed by atoms with E-state index in [-0.39, 0.29) is 6.61 Å². The Hall–Kier alpha value is -1.19. The summed E-state index contributed by atoms with van der Waals surface area (Å²) >= 11 is 0. The highest BCUT2D eigenvalue weighted by Gasteiger charge is 2.06. The molecule has 0 aromatic rings. The number of carbonyl (C=O) groups is 1. The van der Waals surface area contributed by atoms with Crippen LogP contribution in [0.2, 0.25) is 0 Å². The van der Waals surface area contributed by atoms with Gasteiger partial charge in [-0.2, -0.15) is 0 Å². The molecule has 1 aliphatic heterocycles. The Balaban J connectivity index is 2.24. The second-order valence-electron chi connectivity index (χ2n) is 2.24. The summed E-state index contributed by atoms with van der Waals surface area (Å²) in [5.41, 5.74) is 0. The second-order valence-corrected chi connectivity index (χ2v) is 2.24. The summed E-state index contributed by atoms with van der Waals surface area (Å²) in [7, 11) is 0. The van der Waals surface area contributed by atoms with Gasteiger partial charge in [0.15, 0.2) is 6.61 Å². The lowest BCUT2D eigenvalue weighted by molar-refractivity contribution is -0.141. The molecule has 4 nitrogen and oxygen atoms in total. The molecule has 0 aromatic carbocycles. The Labute approximate surface area is 64.4 Å². The van der Waals surface area contributed by atoms with Crippen LogP contribution in [0.25, 0.3) is 0 Å². The highest BCUT2D eigenvalue weighted by atomic mass is 16.5. The molecular weight excluding hydrogens is 148 g/mol. The smallest absolute Gasteiger partial charge is 0.341 e. The SMILES string of the molecule is O=C(O)COC1=COCCC1. The zero-order valence-corrected chi connectivity index (χ0v) is 6.08. The molecule has 62 valence electrons. The lowest BCUT2D eigenvalue weighted by Crippen LogP contribution is -2.09. The fraction of sp³-hybridized carbons (Fsp3) is 0.571. The Bertz CT molecular complexity index is 173. The van der Waals surface area contributed by atoms with E-state index < -0.39 is 5.97 Å². The first-order chi connectivity index (χ1) is 5.29. The van der Waals surface area contributed by atoms with Crippen molar-refractivity contribution in [3.63, 3.8) is 0 Å². The summed E-state index contributed by atoms with van der Waals surface area (Å²) in [5.74, 6) is -0.338. The van der Waals surface area contributed by atoms with E-state index in [0.29, 0.717) is 12.4 Å². The molecule has 0 saturated heterocycles. The van der Waals surface area contributed by atoms with Crippen molar-refractivity contribution in [3.05, 3.63) is 12.0 Å². The molecular formula is C7H10O4. The van der Waals surface area contributed by atoms with Crippen LogP contribution in [0.1, 0.15) is 12.8 Å². The van der Waals surface area contributed by atoms with Crippen molar-refractivity contribution in [1.29, 1.82) is 0 Å². The van der Waals surface area contributed by atoms with E-state index in [9.17, 15) is 4.79 Å². The van der Waals surface area contributed by atoms with Crippen molar-refractivity contribution in [2.45, 2.75) is 12.8 Å². The van der Waals surface area contributed by atoms with Crippen LogP contribution < -0.4 is 0 Å². The van der Waals surface area contributed by atoms with Crippen LogP contribution >= 0.6 is 0 Å². The number of carboxylic acid groups (broad SMARTS) is 1. The molecule has 11 heavy (non-hydrogen) atoms. The molecule has 1 heterocycles. The average molecular weight is 158 g/mol. The van der Waals surface area contributed by atoms with Gasteiger partial charge >= 0.3 is 5.97 Å². The predicted molar refractivity (Wildman–Crippen MR) is 36.9 cm³/mol. The van der Waals surface area contributed by atoms with Crippen molar-refractivity contribution in [3.8, 4) is 0 Å². The van der Waals surface area contributed by atoms with Crippen molar-refractivity contribution in [1.82, 2.24) is 0 Å². The summed E-state index contributed by atoms with van der Waals surface area (Å²) < 4.78 is 9.82. The zero-order valence-electron chi connectivity index (χ0n) is 6.08. The zero-order chi connectivity index (χ0) is 8.10. The van der Waals surface area contributed by atoms with Crippen LogP contribution in [0.5, 0.6) is 0 Å². The van der Waals surface area contributed by atoms with Crippen molar-refractivity contribution >= 4 is 5.97 Å². The van der Waals surface area contributed by atoms with Crippen LogP contribution in [0.15, 0.2) is 12.0 Å². The first kappa shape index (κ1) is 7.91. The van der Waals surface area contributed by atoms with Gasteiger partial charge in [-0.25, -0.2) is 4.79 Å². The fourth-order valence-corrected chi connectivity index (χ4v) is 0.801. The molecule has 1 aliphatic rings. The van der Waals surface area contributed by atoms with Gasteiger partial charge in [-0.05, 0) is 6.42 Å². The van der Waals surface area contributed by atoms with Gasteiger partial charge in [0.2, 0.25) is 0 Å². The minimum absolute atomic E-state index is 0.283. The van der Waals surface area contributed by atoms with Crippen LogP contribution in [-0.2, 0) is 14.3 Å². The number of ether oxygens (including phenoxy) is 2. The standard InChI is InChI=1S/C7H10O4/c8-7(9)5-11-6-2-1-3-10-4-6/h4H,1-3,5H2,(H,8,9). The molecule has 0 fully saturated rings. The van der Waals surface area contributed by atoms with E-state index in [1.54, 1.807) is 0 Å². The molecule has 0 bridgehead atoms. The summed E-state index contributed by atoms with van der Waals surface area (Å²) in [6.45, 7) is 0.412. The van der Waals surface area contributed by atoms with Gasteiger partial charge in [0, 0.05) is 6.42 Å². The molecule has 0 spiro atoms. The molecule has 1 N–H and O–H groups in total. The Morgan fingerprint density at radius 1 is 1.82 bits per heavy atom. The molecule has 0 aliphatic carbocycles. The third kappa shape index (κ3) is 2.93. The predicted octanol–water partition coefficient (Wildman–Crippen LogP) is 0.739. The highest BCUT2D eigenvalue weighted by molar-refractivity contribution is 5.68. The monoisotopic (exact) mass is 158 g/mol. The normalized spacial score (nSPS) is 16.5. The maximum atomic E-state index is 10.0. The largest absolute Gasteiger partial charge is 0.498 e. The Morgan fingerprint density at radius 2 is 2.64 bits per heavy atom. The quantitative estimate of drug-likeness (QED) is 0.658. The summed E-state index contributed by atoms with van der Waals surface area (Å²) in [6.07, 6.45) is 3.14. The number of hydrogen-bond acceptors (Lipinski definition) is 3. The minimum Gasteiger partial charge on any atom is -0.498 e. The first-order valence-electron chi connectivity index (χ1n) is 3.44. The number of hydrogen-bond donors (Lipinski definition) is 1. The first-order valence-corrected chi connectivity index (χ1v) is 3.44. The van der Waals surface area contributed by atoms with Gasteiger partial charge in [-0.15, -0.1) is 0 Å². The lowest BCUT2D eigenvalue weighted by Gasteiger charge is -2.13. The highest BCUT2D eigenvalue weighted by Crippen LogP contribution is 2.12. The van der Waals surface area contributed by atoms with E-state index >= 15 is 0 Å². The van der Waals surface area contributed by atoms with Crippen LogP contribution in [-0.4, -0.2) is 24.3 Å². The van der Waals surface area contributed by atoms with Gasteiger partial charge < -0.3 is 14.6 Å². The van der Waals surface area contributed by atoms with Gasteiger partial charge in [0.05, 0.1) is 6.61 Å². The van der Waals surface area contributed by atoms with E-state index in [2.05, 4.69) is 0 Å². The molecule has 0 unspecified atom stereocenters. The van der Waals surface area contributed by atoms with Crippen molar-refractivity contribution in [2.75, 3.05) is 13.2 Å². The summed E-state index contributed by atoms with van der Waals surface area (Å²) in [5, 5.41) is 8.25. The van der Waals surface area contributed by atoms with E-state index in [4.69, 9.17) is 14.6 Å². The molecule has 0 radical (unpaired) electrons. The maximum Gasteiger partial charge on any atom is 0.341 e. The van der Waals surface area contributed by atoms with Gasteiger partial charge in [-0.3, -0.25) is 0 Å². The average Bonchev–Trinajstić information content (AvgIpc) is 2.03. The minimum atomic E-state index is -0.962. The molecule has 4 heteroatoms. The number of carboxylic acids is 1. The van der Waals surface area contributed by atoms with Gasteiger partial charge in [0.25, 0.3) is 0 Å². The molecule has 0 atom stereocenters. The molecule has 0 saturated carbocycles. The Morgan fingerprint density at radius 3 is 3.18 bits per heavy atom. The topological polar surface area (TPSA) is 55.8 Å². The van der Waals surface area contributed by atoms with Crippen molar-refractivity contribution in [2.24, 2.45) is 0 Å². The summed E-state index contributed by atoms with van der Waals surface area (Å²) in [4.78, 5) is 10.0. The third-order valence-corrected chi connectivity index (χ3v) is 1.28. The number of aliphatic carboxylic acids is 1. The number of rotatable bonds is 3. The Kier molecular flexibility index (Phi) is 2.77. The number of allylic oxidation sites excluding steroid dienone is 1. The molecule has 1 rings (SSSR count). The van der Waals surface area contributed by atoms with Gasteiger partial charge in [0.1, 0.15) is 12.0 Å². The third-order valence-electron chi connectivity index (χ3n) is 1.28. The maximum absolute atomic E-state index is 10.0. The summed E-state index contributed by atoms with van der Waals surface area (Å²) in [6, 6.07) is 0. The lowest BCUT2D eigenvalue weighted by atomic mass is 10.2. The van der Waals surface area contributed by atoms with E-state index in [0.717, 1.165) is 12.8 Å². The van der Waals surface area contributed by atoms with E-state index in [1.165, 1.54) is 6.26 Å². The fourth-order valence-electron chi connectivity index (χ4n) is 0.801. The second kappa shape index (κ2) is 3.85. The van der Waals surface area contributed by atoms with Crippen LogP contribution in [0.3, 0.4) is 0 Å².